The summed E-state index contributed by atoms with van der Waals surface area (Å²) in [6.07, 6.45) is 3.21. The molecule has 0 aliphatic carbocycles. The van der Waals surface area contributed by atoms with Gasteiger partial charge in [0.2, 0.25) is 5.95 Å². The lowest BCUT2D eigenvalue weighted by atomic mass is 10.0. The van der Waals surface area contributed by atoms with Gasteiger partial charge in [0.15, 0.2) is 22.1 Å². The molecule has 0 saturated carbocycles. The molecule has 2 unspecified atom stereocenters. The third kappa shape index (κ3) is 3.19. The van der Waals surface area contributed by atoms with Crippen LogP contribution < -0.4 is 15.0 Å². The number of hydrogen-bond donors (Lipinski definition) is 2. The van der Waals surface area contributed by atoms with Crippen molar-refractivity contribution in [1.82, 2.24) is 25.4 Å². The Bertz CT molecular complexity index is 815. The average molecular weight is 393 g/mol. The van der Waals surface area contributed by atoms with E-state index < -0.39 is 15.9 Å². The molecule has 2 N–H and O–H groups in total. The van der Waals surface area contributed by atoms with Gasteiger partial charge in [-0.15, -0.1) is 5.10 Å². The van der Waals surface area contributed by atoms with E-state index in [1.165, 1.54) is 0 Å². The number of morpholine rings is 1. The van der Waals surface area contributed by atoms with E-state index >= 15 is 0 Å². The normalized spacial score (nSPS) is 23.2. The molecule has 3 atom stereocenters. The lowest BCUT2D eigenvalue weighted by Gasteiger charge is -2.45. The van der Waals surface area contributed by atoms with Gasteiger partial charge in [-0.05, 0) is 31.9 Å². The molecule has 4 heterocycles. The van der Waals surface area contributed by atoms with Crippen LogP contribution in [-0.2, 0) is 20.7 Å². The molecular weight excluding hydrogens is 370 g/mol. The zero-order valence-corrected chi connectivity index (χ0v) is 16.5. The molecule has 11 heteroatoms. The van der Waals surface area contributed by atoms with Crippen LogP contribution in [-0.4, -0.2) is 68.1 Å². The van der Waals surface area contributed by atoms with Crippen LogP contribution in [0.3, 0.4) is 0 Å². The maximum Gasteiger partial charge on any atom is 0.231 e. The number of anilines is 3. The summed E-state index contributed by atoms with van der Waals surface area (Å²) in [5.41, 5.74) is 0.608. The third-order valence-electron chi connectivity index (χ3n) is 4.99. The highest BCUT2D eigenvalue weighted by Crippen LogP contribution is 2.44. The van der Waals surface area contributed by atoms with Crippen molar-refractivity contribution >= 4 is 28.8 Å². The van der Waals surface area contributed by atoms with Crippen molar-refractivity contribution in [3.63, 3.8) is 0 Å². The summed E-state index contributed by atoms with van der Waals surface area (Å²) in [7, 11) is 0. The van der Waals surface area contributed by atoms with Crippen molar-refractivity contribution in [2.24, 2.45) is 0 Å². The first-order valence-corrected chi connectivity index (χ1v) is 10.3. The number of ether oxygens (including phenoxy) is 2. The standard InChI is InChI=1S/C16H23N7O3S/c1-9-6-25-7-10-8-26-12-13(16(2,3)27(4)24)19-15(20-14(12)23(9)10)18-11-5-17-22-21-11/h5,9-10H,6-8H2,1-4H3,(H2,17,18,19,20,21,22)/t9-,10?,27?/m1/s1. The summed E-state index contributed by atoms with van der Waals surface area (Å²) in [4.78, 5) is 11.6. The smallest absolute Gasteiger partial charge is 0.231 e. The molecule has 2 aromatic heterocycles. The second-order valence-electron chi connectivity index (χ2n) is 7.25. The highest BCUT2D eigenvalue weighted by molar-refractivity contribution is 7.91. The molecule has 2 aliphatic rings. The molecule has 1 fully saturated rings. The number of nitrogens with zero attached hydrogens (tertiary/aromatic N) is 5. The van der Waals surface area contributed by atoms with Crippen molar-refractivity contribution in [2.75, 3.05) is 36.3 Å². The first-order valence-electron chi connectivity index (χ1n) is 8.75. The van der Waals surface area contributed by atoms with Gasteiger partial charge in [0.1, 0.15) is 12.3 Å². The highest BCUT2D eigenvalue weighted by atomic mass is 32.2. The molecule has 27 heavy (non-hydrogen) atoms. The Labute approximate surface area is 160 Å². The molecular formula is C16H23N7O3S. The van der Waals surface area contributed by atoms with Gasteiger partial charge in [0.05, 0.1) is 37.8 Å². The molecule has 2 aromatic rings. The lowest BCUT2D eigenvalue weighted by molar-refractivity contribution is 0.0482. The summed E-state index contributed by atoms with van der Waals surface area (Å²) in [6.45, 7) is 7.56. The van der Waals surface area contributed by atoms with E-state index in [0.717, 1.165) is 0 Å². The third-order valence-corrected chi connectivity index (χ3v) is 6.62. The Morgan fingerprint density at radius 2 is 2.15 bits per heavy atom. The highest BCUT2D eigenvalue weighted by Gasteiger charge is 2.43. The molecule has 0 aromatic carbocycles. The summed E-state index contributed by atoms with van der Waals surface area (Å²) < 4.78 is 23.5. The number of nitrogens with one attached hydrogen (secondary N) is 2. The number of aromatic nitrogens is 5. The number of aromatic amines is 1. The number of rotatable bonds is 4. The van der Waals surface area contributed by atoms with E-state index in [4.69, 9.17) is 14.5 Å². The molecule has 1 saturated heterocycles. The van der Waals surface area contributed by atoms with Crippen LogP contribution in [0.1, 0.15) is 26.5 Å². The van der Waals surface area contributed by atoms with Crippen LogP contribution in [0.15, 0.2) is 6.20 Å². The fraction of sp³-hybridized carbons (Fsp3) is 0.625. The second kappa shape index (κ2) is 6.80. The second-order valence-corrected chi connectivity index (χ2v) is 9.18. The van der Waals surface area contributed by atoms with Gasteiger partial charge in [0, 0.05) is 0 Å². The van der Waals surface area contributed by atoms with Crippen molar-refractivity contribution < 1.29 is 14.0 Å². The quantitative estimate of drug-likeness (QED) is 0.730. The van der Waals surface area contributed by atoms with Crippen molar-refractivity contribution in [2.45, 2.75) is 37.6 Å². The van der Waals surface area contributed by atoms with E-state index in [9.17, 15) is 4.55 Å². The molecule has 146 valence electrons. The fourth-order valence-corrected chi connectivity index (χ4v) is 3.72. The minimum absolute atomic E-state index is 0.0825. The largest absolute Gasteiger partial charge is 0.616 e. The minimum Gasteiger partial charge on any atom is -0.616 e. The van der Waals surface area contributed by atoms with Crippen LogP contribution >= 0.6 is 0 Å². The predicted octanol–water partition coefficient (Wildman–Crippen LogP) is 0.938. The molecule has 0 amide bonds. The molecule has 10 nitrogen and oxygen atoms in total. The van der Waals surface area contributed by atoms with Gasteiger partial charge in [-0.1, -0.05) is 0 Å². The number of H-pyrrole nitrogens is 1. The monoisotopic (exact) mass is 393 g/mol. The molecule has 2 aliphatic heterocycles. The van der Waals surface area contributed by atoms with Crippen LogP contribution in [0.25, 0.3) is 0 Å². The van der Waals surface area contributed by atoms with Crippen LogP contribution in [0.5, 0.6) is 5.75 Å². The van der Waals surface area contributed by atoms with Gasteiger partial charge in [-0.25, -0.2) is 4.98 Å². The molecule has 0 radical (unpaired) electrons. The average Bonchev–Trinajstić information content (AvgIpc) is 3.13. The Morgan fingerprint density at radius 3 is 2.85 bits per heavy atom. The zero-order chi connectivity index (χ0) is 19.2. The molecule has 0 bridgehead atoms. The first kappa shape index (κ1) is 18.3. The Morgan fingerprint density at radius 1 is 1.33 bits per heavy atom. The van der Waals surface area contributed by atoms with E-state index in [0.29, 0.717) is 48.8 Å². The van der Waals surface area contributed by atoms with E-state index in [1.54, 1.807) is 12.5 Å². The summed E-state index contributed by atoms with van der Waals surface area (Å²) in [5.74, 6) is 2.14. The van der Waals surface area contributed by atoms with E-state index in [2.05, 4.69) is 37.5 Å². The van der Waals surface area contributed by atoms with E-state index in [-0.39, 0.29) is 12.1 Å². The topological polar surface area (TPSA) is 124 Å². The lowest BCUT2D eigenvalue weighted by Crippen LogP contribution is -2.56. The van der Waals surface area contributed by atoms with Gasteiger partial charge < -0.3 is 24.2 Å². The van der Waals surface area contributed by atoms with Gasteiger partial charge in [-0.2, -0.15) is 15.3 Å². The Hall–Kier alpha value is -2.11. The Balaban J connectivity index is 1.85. The van der Waals surface area contributed by atoms with Crippen molar-refractivity contribution in [3.05, 3.63) is 11.9 Å². The van der Waals surface area contributed by atoms with Crippen molar-refractivity contribution in [3.8, 4) is 5.75 Å². The van der Waals surface area contributed by atoms with Gasteiger partial charge in [0.25, 0.3) is 0 Å². The SMILES string of the molecule is C[C@@H]1COCC2COc3c(nc(Nc4cn[nH]n4)nc3C(C)(C)[S+](C)[O-])N21. The number of fused-ring (bicyclic) bond motifs is 3. The minimum atomic E-state index is -1.17. The van der Waals surface area contributed by atoms with Crippen LogP contribution in [0, 0.1) is 0 Å². The predicted molar refractivity (Wildman–Crippen MR) is 101 cm³/mol. The number of hydrogen-bond acceptors (Lipinski definition) is 9. The maximum absolute atomic E-state index is 12.4. The Kier molecular flexibility index (Phi) is 4.60. The summed E-state index contributed by atoms with van der Waals surface area (Å²) in [5, 5.41) is 13.4. The van der Waals surface area contributed by atoms with Crippen LogP contribution in [0.4, 0.5) is 17.6 Å². The fourth-order valence-electron chi connectivity index (χ4n) is 3.31. The summed E-state index contributed by atoms with van der Waals surface area (Å²) in [6, 6.07) is 0.225. The van der Waals surface area contributed by atoms with Crippen LogP contribution in [0.2, 0.25) is 0 Å². The molecule has 0 spiro atoms. The van der Waals surface area contributed by atoms with Gasteiger partial charge >= 0.3 is 0 Å². The zero-order valence-electron chi connectivity index (χ0n) is 15.7. The van der Waals surface area contributed by atoms with Gasteiger partial charge in [-0.3, -0.25) is 0 Å². The maximum atomic E-state index is 12.4. The molecule has 4 rings (SSSR count). The first-order chi connectivity index (χ1) is 12.9. The summed E-state index contributed by atoms with van der Waals surface area (Å²) >= 11 is -1.17. The van der Waals surface area contributed by atoms with Crippen molar-refractivity contribution in [1.29, 1.82) is 0 Å². The van der Waals surface area contributed by atoms with E-state index in [1.807, 2.05) is 13.8 Å².